The van der Waals surface area contributed by atoms with E-state index in [0.717, 1.165) is 71.1 Å². The Morgan fingerprint density at radius 3 is 1.76 bits per heavy atom. The Balaban J connectivity index is 2.87. The first-order chi connectivity index (χ1) is 21.9. The number of aliphatic hydroxyl groups is 6. The van der Waals surface area contributed by atoms with Gasteiger partial charge in [-0.25, -0.2) is 0 Å². The van der Waals surface area contributed by atoms with E-state index in [1.807, 2.05) is 0 Å². The zero-order valence-electron chi connectivity index (χ0n) is 29.1. The van der Waals surface area contributed by atoms with Gasteiger partial charge in [0, 0.05) is 19.1 Å². The first kappa shape index (κ1) is 43.5. The summed E-state index contributed by atoms with van der Waals surface area (Å²) in [6.07, 6.45) is 17.7. The molecule has 0 radical (unpaired) electrons. The Hall–Kier alpha value is -0.500. The highest BCUT2D eigenvalue weighted by atomic mass is 32.1. The molecule has 1 fully saturated rings. The lowest BCUT2D eigenvalue weighted by Gasteiger charge is -2.50. The number of ether oxygens (including phenoxy) is 2. The van der Waals surface area contributed by atoms with Gasteiger partial charge in [0.25, 0.3) is 11.6 Å². The van der Waals surface area contributed by atoms with Crippen molar-refractivity contribution in [3.63, 3.8) is 0 Å². The van der Waals surface area contributed by atoms with Crippen LogP contribution in [-0.2, 0) is 14.3 Å². The molecular weight excluding hydrogens is 610 g/mol. The highest BCUT2D eigenvalue weighted by Gasteiger charge is 2.66. The number of carbonyl (C=O) groups is 1. The lowest BCUT2D eigenvalue weighted by atomic mass is 9.82. The van der Waals surface area contributed by atoms with Gasteiger partial charge in [-0.15, -0.1) is 0 Å². The van der Waals surface area contributed by atoms with E-state index in [4.69, 9.17) is 9.47 Å². The average Bonchev–Trinajstić information content (AvgIpc) is 3.03. The molecule has 0 spiro atoms. The summed E-state index contributed by atoms with van der Waals surface area (Å²) in [6, 6.07) is 0. The molecule has 0 aliphatic carbocycles. The number of hydrogen-bond acceptors (Lipinski definition) is 10. The monoisotopic (exact) mass is 679 g/mol. The number of carbonyl (C=O) groups excluding carboxylic acids is 1. The first-order valence-corrected chi connectivity index (χ1v) is 18.9. The zero-order chi connectivity index (χ0) is 34.5. The van der Waals surface area contributed by atoms with Crippen molar-refractivity contribution in [1.82, 2.24) is 5.32 Å². The van der Waals surface area contributed by atoms with Crippen molar-refractivity contribution < 1.29 is 44.9 Å². The molecule has 1 saturated heterocycles. The molecule has 5 atom stereocenters. The van der Waals surface area contributed by atoms with Crippen LogP contribution in [-0.4, -0.2) is 84.7 Å². The smallest absolute Gasteiger partial charge is 0.270 e. The van der Waals surface area contributed by atoms with Crippen LogP contribution in [0.4, 0.5) is 0 Å². The number of unbranched alkanes of at least 4 members (excludes halogenated alkanes) is 15. The summed E-state index contributed by atoms with van der Waals surface area (Å²) >= 11 is 4.44. The second-order valence-electron chi connectivity index (χ2n) is 13.6. The molecule has 7 N–H and O–H groups in total. The van der Waals surface area contributed by atoms with E-state index in [9.17, 15) is 35.4 Å². The van der Waals surface area contributed by atoms with Crippen LogP contribution in [0.3, 0.4) is 0 Å². The maximum atomic E-state index is 13.3. The van der Waals surface area contributed by atoms with Crippen molar-refractivity contribution in [1.29, 1.82) is 0 Å². The molecule has 274 valence electrons. The fourth-order valence-electron chi connectivity index (χ4n) is 6.14. The summed E-state index contributed by atoms with van der Waals surface area (Å²) in [7, 11) is 0. The van der Waals surface area contributed by atoms with Gasteiger partial charge in [0.1, 0.15) is 6.10 Å². The van der Waals surface area contributed by atoms with Gasteiger partial charge in [0.2, 0.25) is 11.6 Å². The van der Waals surface area contributed by atoms with Crippen LogP contribution in [0.25, 0.3) is 0 Å². The van der Waals surface area contributed by atoms with E-state index in [-0.39, 0.29) is 6.42 Å². The third-order valence-corrected chi connectivity index (χ3v) is 9.94. The average molecular weight is 680 g/mol. The summed E-state index contributed by atoms with van der Waals surface area (Å²) < 4.78 is 11.5. The Morgan fingerprint density at radius 2 is 1.30 bits per heavy atom. The van der Waals surface area contributed by atoms with Crippen molar-refractivity contribution in [2.75, 3.05) is 13.2 Å². The Kier molecular flexibility index (Phi) is 22.5. The second kappa shape index (κ2) is 23.8. The van der Waals surface area contributed by atoms with Crippen molar-refractivity contribution in [2.45, 2.75) is 197 Å². The lowest BCUT2D eigenvalue weighted by Crippen LogP contribution is -2.78. The third kappa shape index (κ3) is 14.9. The summed E-state index contributed by atoms with van der Waals surface area (Å²) in [6.45, 7) is 5.22. The fourth-order valence-corrected chi connectivity index (χ4v) is 6.39. The van der Waals surface area contributed by atoms with Crippen molar-refractivity contribution in [2.24, 2.45) is 5.92 Å². The molecular formula is C35H69NO9S. The largest absolute Gasteiger partial charge is 0.396 e. The molecule has 1 heterocycles. The number of rotatable bonds is 28. The topological polar surface area (TPSA) is 169 Å². The molecule has 0 aromatic heterocycles. The van der Waals surface area contributed by atoms with Gasteiger partial charge in [-0.2, -0.15) is 12.6 Å². The number of nitrogens with one attached hydrogen (secondary N) is 1. The van der Waals surface area contributed by atoms with Crippen molar-refractivity contribution >= 4 is 18.5 Å². The second-order valence-corrected chi connectivity index (χ2v) is 14.2. The van der Waals surface area contributed by atoms with Gasteiger partial charge in [0.05, 0.1) is 5.25 Å². The molecule has 0 aromatic rings. The highest BCUT2D eigenvalue weighted by Crippen LogP contribution is 2.38. The van der Waals surface area contributed by atoms with E-state index >= 15 is 0 Å². The number of hydrogen-bond donors (Lipinski definition) is 8. The quantitative estimate of drug-likeness (QED) is 0.0305. The lowest BCUT2D eigenvalue weighted by molar-refractivity contribution is -0.450. The molecule has 1 aliphatic rings. The standard InChI is InChI=1S/C35H69NO9S/c1-4-6-8-10-12-13-14-16-17-19-23-28(27-37)31(38)34(40,41)35(42,43)33(3,45-30-25-21-22-26-44-30)36-32(39)29(46)24-20-18-15-11-9-7-5-2/h28-31,37-38,40-43,46H,4-27H2,1-3H3,(H,36,39)/t28?,29?,30-,31+,33-/m0/s1. The molecule has 0 aromatic carbocycles. The fraction of sp³-hybridized carbons (Fsp3) is 0.971. The molecule has 1 rings (SSSR count). The Bertz CT molecular complexity index is 781. The highest BCUT2D eigenvalue weighted by molar-refractivity contribution is 7.81. The molecule has 1 amide bonds. The SMILES string of the molecule is CCCCCCCCCCCCC(CO)[C@@H](O)C(O)(O)C(O)(O)[C@@](C)(NC(=O)C(S)CCCCCCCCC)O[C@H]1CCCCO1. The first-order valence-electron chi connectivity index (χ1n) is 18.4. The predicted octanol–water partition coefficient (Wildman–Crippen LogP) is 5.44. The van der Waals surface area contributed by atoms with E-state index < -0.39 is 53.4 Å². The van der Waals surface area contributed by atoms with Crippen LogP contribution in [0.5, 0.6) is 0 Å². The van der Waals surface area contributed by atoms with Crippen molar-refractivity contribution in [3.8, 4) is 0 Å². The minimum Gasteiger partial charge on any atom is -0.396 e. The summed E-state index contributed by atoms with van der Waals surface area (Å²) in [5.41, 5.74) is -2.52. The predicted molar refractivity (Wildman–Crippen MR) is 184 cm³/mol. The summed E-state index contributed by atoms with van der Waals surface area (Å²) in [5, 5.41) is 67.8. The van der Waals surface area contributed by atoms with Crippen LogP contribution in [0, 0.1) is 5.92 Å². The van der Waals surface area contributed by atoms with E-state index in [2.05, 4.69) is 31.8 Å². The third-order valence-electron chi connectivity index (χ3n) is 9.45. The summed E-state index contributed by atoms with van der Waals surface area (Å²) in [5.74, 6) is -8.97. The number of thiol groups is 1. The zero-order valence-corrected chi connectivity index (χ0v) is 30.0. The Morgan fingerprint density at radius 1 is 0.826 bits per heavy atom. The molecule has 46 heavy (non-hydrogen) atoms. The molecule has 0 bridgehead atoms. The van der Waals surface area contributed by atoms with E-state index in [1.165, 1.54) is 51.4 Å². The normalized spacial score (nSPS) is 19.4. The van der Waals surface area contributed by atoms with Gasteiger partial charge >= 0.3 is 0 Å². The van der Waals surface area contributed by atoms with Crippen LogP contribution >= 0.6 is 12.6 Å². The molecule has 2 unspecified atom stereocenters. The maximum absolute atomic E-state index is 13.3. The molecule has 1 aliphatic heterocycles. The summed E-state index contributed by atoms with van der Waals surface area (Å²) in [4.78, 5) is 13.3. The van der Waals surface area contributed by atoms with Crippen LogP contribution < -0.4 is 5.32 Å². The molecule has 10 nitrogen and oxygen atoms in total. The van der Waals surface area contributed by atoms with Gasteiger partial charge in [0.15, 0.2) is 6.29 Å². The minimum absolute atomic E-state index is 0.236. The van der Waals surface area contributed by atoms with E-state index in [1.54, 1.807) is 0 Å². The number of aliphatic hydroxyl groups excluding tert-OH is 2. The Labute approximate surface area is 284 Å². The molecule has 0 saturated carbocycles. The molecule has 11 heteroatoms. The van der Waals surface area contributed by atoms with Gasteiger partial charge in [-0.05, 0) is 39.0 Å². The van der Waals surface area contributed by atoms with Crippen LogP contribution in [0.2, 0.25) is 0 Å². The van der Waals surface area contributed by atoms with Gasteiger partial charge in [-0.3, -0.25) is 4.79 Å². The van der Waals surface area contributed by atoms with E-state index in [0.29, 0.717) is 25.9 Å². The van der Waals surface area contributed by atoms with Crippen LogP contribution in [0.1, 0.15) is 162 Å². The minimum atomic E-state index is -3.62. The van der Waals surface area contributed by atoms with Crippen LogP contribution in [0.15, 0.2) is 0 Å². The van der Waals surface area contributed by atoms with Crippen molar-refractivity contribution in [3.05, 3.63) is 0 Å². The van der Waals surface area contributed by atoms with Gasteiger partial charge in [-0.1, -0.05) is 123 Å². The van der Waals surface area contributed by atoms with Gasteiger partial charge < -0.3 is 45.4 Å². The number of amides is 1. The maximum Gasteiger partial charge on any atom is 0.270 e.